The Morgan fingerprint density at radius 2 is 1.70 bits per heavy atom. The second kappa shape index (κ2) is 5.60. The van der Waals surface area contributed by atoms with Crippen molar-refractivity contribution in [2.75, 3.05) is 19.6 Å². The van der Waals surface area contributed by atoms with Crippen molar-refractivity contribution < 1.29 is 19.4 Å². The van der Waals surface area contributed by atoms with Crippen LogP contribution in [0.5, 0.6) is 0 Å². The zero-order valence-corrected chi connectivity index (χ0v) is 11.7. The largest absolute Gasteiger partial charge is 0.480 e. The van der Waals surface area contributed by atoms with E-state index in [1.165, 1.54) is 0 Å². The van der Waals surface area contributed by atoms with Crippen LogP contribution in [0.3, 0.4) is 0 Å². The number of amides is 2. The van der Waals surface area contributed by atoms with E-state index in [0.717, 1.165) is 38.5 Å². The van der Waals surface area contributed by atoms with Crippen LogP contribution < -0.4 is 0 Å². The third-order valence-corrected chi connectivity index (χ3v) is 4.63. The number of aliphatic carboxylic acids is 1. The Kier molecular flexibility index (Phi) is 3.83. The summed E-state index contributed by atoms with van der Waals surface area (Å²) < 4.78 is 5.74. The molecule has 2 saturated heterocycles. The number of hydrogen-bond donors (Lipinski definition) is 1. The fourth-order valence-corrected chi connectivity index (χ4v) is 3.67. The molecule has 6 heteroatoms. The Hall–Kier alpha value is -1.30. The summed E-state index contributed by atoms with van der Waals surface area (Å²) in [7, 11) is 0. The van der Waals surface area contributed by atoms with E-state index >= 15 is 0 Å². The number of carboxylic acids is 1. The van der Waals surface area contributed by atoms with E-state index in [4.69, 9.17) is 9.84 Å². The first-order chi connectivity index (χ1) is 9.63. The van der Waals surface area contributed by atoms with Gasteiger partial charge in [0.2, 0.25) is 0 Å². The summed E-state index contributed by atoms with van der Waals surface area (Å²) in [6.45, 7) is 1.03. The van der Waals surface area contributed by atoms with Crippen molar-refractivity contribution in [3.8, 4) is 0 Å². The van der Waals surface area contributed by atoms with Crippen LogP contribution >= 0.6 is 0 Å². The van der Waals surface area contributed by atoms with Crippen molar-refractivity contribution in [3.63, 3.8) is 0 Å². The number of carbonyl (C=O) groups excluding carboxylic acids is 1. The predicted octanol–water partition coefficient (Wildman–Crippen LogP) is 1.30. The number of nitrogens with zero attached hydrogens (tertiary/aromatic N) is 2. The number of ether oxygens (including phenoxy) is 1. The van der Waals surface area contributed by atoms with Gasteiger partial charge < -0.3 is 19.6 Å². The number of carbonyl (C=O) groups is 2. The van der Waals surface area contributed by atoms with E-state index in [2.05, 4.69) is 0 Å². The summed E-state index contributed by atoms with van der Waals surface area (Å²) >= 11 is 0. The molecule has 3 aliphatic rings. The molecule has 2 amide bonds. The maximum Gasteiger partial charge on any atom is 0.323 e. The number of rotatable bonds is 3. The number of morpholine rings is 1. The van der Waals surface area contributed by atoms with Gasteiger partial charge in [-0.15, -0.1) is 0 Å². The Balaban J connectivity index is 1.69. The van der Waals surface area contributed by atoms with Crippen molar-refractivity contribution in [3.05, 3.63) is 0 Å². The molecule has 0 aromatic heterocycles. The average Bonchev–Trinajstić information content (AvgIpc) is 3.05. The van der Waals surface area contributed by atoms with E-state index in [1.807, 2.05) is 0 Å². The molecular weight excluding hydrogens is 260 g/mol. The minimum Gasteiger partial charge on any atom is -0.480 e. The predicted molar refractivity (Wildman–Crippen MR) is 71.5 cm³/mol. The molecule has 2 aliphatic heterocycles. The van der Waals surface area contributed by atoms with Crippen LogP contribution in [0.4, 0.5) is 4.79 Å². The first-order valence-corrected chi connectivity index (χ1v) is 7.56. The Bertz CT molecular complexity index is 383. The van der Waals surface area contributed by atoms with E-state index in [-0.39, 0.29) is 30.8 Å². The third kappa shape index (κ3) is 2.75. The molecule has 1 aliphatic carbocycles. The van der Waals surface area contributed by atoms with Crippen LogP contribution in [-0.2, 0) is 9.53 Å². The molecule has 6 nitrogen and oxygen atoms in total. The standard InChI is InChI=1S/C14H22N2O4/c17-13(18)9-16(10-3-1-2-4-10)14(19)15-7-11-5-6-12(8-15)20-11/h10-12H,1-9H2,(H,17,18). The van der Waals surface area contributed by atoms with Crippen LogP contribution in [0.15, 0.2) is 0 Å². The number of carboxylic acid groups (broad SMARTS) is 1. The monoisotopic (exact) mass is 282 g/mol. The van der Waals surface area contributed by atoms with Gasteiger partial charge in [-0.05, 0) is 25.7 Å². The lowest BCUT2D eigenvalue weighted by Crippen LogP contribution is -2.54. The van der Waals surface area contributed by atoms with E-state index in [9.17, 15) is 9.59 Å². The number of likely N-dealkylation sites (tertiary alicyclic amines) is 1. The van der Waals surface area contributed by atoms with Gasteiger partial charge in [0, 0.05) is 19.1 Å². The van der Waals surface area contributed by atoms with Crippen LogP contribution in [0.1, 0.15) is 38.5 Å². The van der Waals surface area contributed by atoms with Crippen molar-refractivity contribution in [2.45, 2.75) is 56.8 Å². The average molecular weight is 282 g/mol. The van der Waals surface area contributed by atoms with Gasteiger partial charge in [-0.25, -0.2) is 4.79 Å². The maximum atomic E-state index is 12.7. The minimum absolute atomic E-state index is 0.0964. The highest BCUT2D eigenvalue weighted by Gasteiger charge is 2.39. The Morgan fingerprint density at radius 1 is 1.10 bits per heavy atom. The summed E-state index contributed by atoms with van der Waals surface area (Å²) in [5.74, 6) is -0.929. The second-order valence-corrected chi connectivity index (χ2v) is 6.10. The molecule has 0 spiro atoms. The zero-order valence-electron chi connectivity index (χ0n) is 11.7. The van der Waals surface area contributed by atoms with Gasteiger partial charge >= 0.3 is 12.0 Å². The molecule has 2 heterocycles. The van der Waals surface area contributed by atoms with Crippen LogP contribution in [0, 0.1) is 0 Å². The second-order valence-electron chi connectivity index (χ2n) is 6.10. The minimum atomic E-state index is -0.929. The summed E-state index contributed by atoms with van der Waals surface area (Å²) in [6.07, 6.45) is 6.34. The maximum absolute atomic E-state index is 12.7. The zero-order chi connectivity index (χ0) is 14.1. The molecule has 3 rings (SSSR count). The molecule has 1 N–H and O–H groups in total. The van der Waals surface area contributed by atoms with Gasteiger partial charge in [0.25, 0.3) is 0 Å². The molecule has 1 saturated carbocycles. The molecular formula is C14H22N2O4. The summed E-state index contributed by atoms with van der Waals surface area (Å²) in [5.41, 5.74) is 0. The molecule has 20 heavy (non-hydrogen) atoms. The van der Waals surface area contributed by atoms with Gasteiger partial charge in [0.1, 0.15) is 6.54 Å². The van der Waals surface area contributed by atoms with Crippen molar-refractivity contribution in [1.82, 2.24) is 9.80 Å². The highest BCUT2D eigenvalue weighted by molar-refractivity contribution is 5.80. The molecule has 0 aromatic rings. The van der Waals surface area contributed by atoms with Gasteiger partial charge in [0.05, 0.1) is 12.2 Å². The highest BCUT2D eigenvalue weighted by atomic mass is 16.5. The molecule has 0 radical (unpaired) electrons. The summed E-state index contributed by atoms with van der Waals surface area (Å²) in [5, 5.41) is 9.07. The number of urea groups is 1. The third-order valence-electron chi connectivity index (χ3n) is 4.63. The van der Waals surface area contributed by atoms with Crippen molar-refractivity contribution >= 4 is 12.0 Å². The molecule has 3 fully saturated rings. The van der Waals surface area contributed by atoms with Crippen LogP contribution in [0.2, 0.25) is 0 Å². The van der Waals surface area contributed by atoms with E-state index in [0.29, 0.717) is 13.1 Å². The molecule has 2 unspecified atom stereocenters. The van der Waals surface area contributed by atoms with Gasteiger partial charge in [-0.2, -0.15) is 0 Å². The first kappa shape index (κ1) is 13.7. The molecule has 2 bridgehead atoms. The quantitative estimate of drug-likeness (QED) is 0.847. The van der Waals surface area contributed by atoms with E-state index in [1.54, 1.807) is 9.80 Å². The lowest BCUT2D eigenvalue weighted by atomic mass is 10.2. The number of fused-ring (bicyclic) bond motifs is 2. The molecule has 0 aromatic carbocycles. The van der Waals surface area contributed by atoms with Crippen LogP contribution in [0.25, 0.3) is 0 Å². The molecule has 2 atom stereocenters. The van der Waals surface area contributed by atoms with Crippen LogP contribution in [-0.4, -0.2) is 64.8 Å². The van der Waals surface area contributed by atoms with E-state index < -0.39 is 5.97 Å². The Labute approximate surface area is 118 Å². The van der Waals surface area contributed by atoms with Crippen molar-refractivity contribution in [1.29, 1.82) is 0 Å². The SMILES string of the molecule is O=C(O)CN(C(=O)N1CC2CCC(C1)O2)C1CCCC1. The molecule has 112 valence electrons. The van der Waals surface area contributed by atoms with Crippen molar-refractivity contribution in [2.24, 2.45) is 0 Å². The number of hydrogen-bond acceptors (Lipinski definition) is 3. The van der Waals surface area contributed by atoms with Gasteiger partial charge in [0.15, 0.2) is 0 Å². The first-order valence-electron chi connectivity index (χ1n) is 7.56. The van der Waals surface area contributed by atoms with Gasteiger partial charge in [-0.1, -0.05) is 12.8 Å². The smallest absolute Gasteiger partial charge is 0.323 e. The fourth-order valence-electron chi connectivity index (χ4n) is 3.67. The lowest BCUT2D eigenvalue weighted by molar-refractivity contribution is -0.138. The normalized spacial score (nSPS) is 29.7. The highest BCUT2D eigenvalue weighted by Crippen LogP contribution is 2.29. The fraction of sp³-hybridized carbons (Fsp3) is 0.857. The lowest BCUT2D eigenvalue weighted by Gasteiger charge is -2.37. The topological polar surface area (TPSA) is 70.1 Å². The van der Waals surface area contributed by atoms with Gasteiger partial charge in [-0.3, -0.25) is 4.79 Å². The summed E-state index contributed by atoms with van der Waals surface area (Å²) in [4.78, 5) is 27.1. The Morgan fingerprint density at radius 3 is 2.25 bits per heavy atom. The summed E-state index contributed by atoms with van der Waals surface area (Å²) in [6, 6.07) is -0.0152.